The van der Waals surface area contributed by atoms with Crippen LogP contribution in [0.4, 0.5) is 5.82 Å². The van der Waals surface area contributed by atoms with Crippen molar-refractivity contribution in [1.29, 1.82) is 0 Å². The molecule has 0 fully saturated rings. The molecule has 8 heteroatoms. The van der Waals surface area contributed by atoms with Gasteiger partial charge in [0.2, 0.25) is 0 Å². The number of nitrogens with one attached hydrogen (secondary N) is 1. The molecule has 1 aliphatic rings. The number of fused-ring (bicyclic) bond motifs is 1. The Morgan fingerprint density at radius 2 is 2.03 bits per heavy atom. The van der Waals surface area contributed by atoms with E-state index in [0.717, 1.165) is 11.1 Å². The summed E-state index contributed by atoms with van der Waals surface area (Å²) in [6, 6.07) is 12.8. The third kappa shape index (κ3) is 4.33. The van der Waals surface area contributed by atoms with Gasteiger partial charge in [-0.1, -0.05) is 35.9 Å². The normalized spacial score (nSPS) is 16.9. The van der Waals surface area contributed by atoms with Gasteiger partial charge in [-0.05, 0) is 43.2 Å². The van der Waals surface area contributed by atoms with Gasteiger partial charge in [-0.2, -0.15) is 0 Å². The van der Waals surface area contributed by atoms with E-state index in [1.807, 2.05) is 38.1 Å². The Morgan fingerprint density at radius 3 is 2.70 bits per heavy atom. The molecular weight excluding hydrogens is 442 g/mol. The molecule has 7 nitrogen and oxygen atoms in total. The predicted molar refractivity (Wildman–Crippen MR) is 128 cm³/mol. The maximum absolute atomic E-state index is 13.4. The highest BCUT2D eigenvalue weighted by molar-refractivity contribution is 6.33. The summed E-state index contributed by atoms with van der Waals surface area (Å²) in [5.41, 5.74) is 3.36. The second-order valence-corrected chi connectivity index (χ2v) is 8.37. The van der Waals surface area contributed by atoms with E-state index in [-0.39, 0.29) is 29.4 Å². The molecule has 0 saturated heterocycles. The number of ether oxygens (including phenoxy) is 2. The predicted octanol–water partition coefficient (Wildman–Crippen LogP) is 4.54. The molecule has 1 aromatic heterocycles. The van der Waals surface area contributed by atoms with E-state index in [4.69, 9.17) is 21.1 Å². The van der Waals surface area contributed by atoms with Crippen LogP contribution in [0.3, 0.4) is 0 Å². The number of nitrogens with zero attached hydrogens (tertiary/aromatic N) is 2. The zero-order valence-electron chi connectivity index (χ0n) is 19.0. The minimum Gasteiger partial charge on any atom is -0.497 e. The molecule has 0 saturated carbocycles. The summed E-state index contributed by atoms with van der Waals surface area (Å²) < 4.78 is 12.5. The smallest absolute Gasteiger partial charge is 0.302 e. The summed E-state index contributed by atoms with van der Waals surface area (Å²) in [5, 5.41) is 3.85. The van der Waals surface area contributed by atoms with Crippen LogP contribution in [-0.4, -0.2) is 28.7 Å². The number of esters is 1. The van der Waals surface area contributed by atoms with Gasteiger partial charge in [0.05, 0.1) is 23.9 Å². The number of aromatic nitrogens is 2. The van der Waals surface area contributed by atoms with Crippen molar-refractivity contribution in [2.75, 3.05) is 12.4 Å². The number of carbonyl (C=O) groups excluding carboxylic acids is 1. The molecule has 4 rings (SSSR count). The fourth-order valence-corrected chi connectivity index (χ4v) is 4.63. The van der Waals surface area contributed by atoms with Gasteiger partial charge >= 0.3 is 5.97 Å². The molecule has 0 unspecified atom stereocenters. The summed E-state index contributed by atoms with van der Waals surface area (Å²) >= 11 is 6.43. The van der Waals surface area contributed by atoms with E-state index in [1.54, 1.807) is 29.9 Å². The third-order valence-corrected chi connectivity index (χ3v) is 6.19. The maximum atomic E-state index is 13.4. The second-order valence-electron chi connectivity index (χ2n) is 7.96. The van der Waals surface area contributed by atoms with Crippen LogP contribution >= 0.6 is 11.6 Å². The average Bonchev–Trinajstić information content (AvgIpc) is 3.12. The Morgan fingerprint density at radius 1 is 1.27 bits per heavy atom. The van der Waals surface area contributed by atoms with Crippen molar-refractivity contribution in [3.05, 3.63) is 74.7 Å². The molecule has 0 aliphatic heterocycles. The lowest BCUT2D eigenvalue weighted by molar-refractivity contribution is -0.146. The zero-order valence-corrected chi connectivity index (χ0v) is 19.8. The first kappa shape index (κ1) is 22.9. The minimum absolute atomic E-state index is 0.256. The van der Waals surface area contributed by atoms with Gasteiger partial charge < -0.3 is 14.8 Å². The largest absolute Gasteiger partial charge is 0.497 e. The van der Waals surface area contributed by atoms with Crippen LogP contribution in [0.5, 0.6) is 5.75 Å². The van der Waals surface area contributed by atoms with E-state index in [9.17, 15) is 9.59 Å². The van der Waals surface area contributed by atoms with E-state index in [0.29, 0.717) is 40.8 Å². The van der Waals surface area contributed by atoms with Crippen LogP contribution in [0.25, 0.3) is 11.3 Å². The lowest BCUT2D eigenvalue weighted by Gasteiger charge is -2.25. The first-order valence-corrected chi connectivity index (χ1v) is 11.2. The molecule has 3 aromatic rings. The number of benzene rings is 2. The molecule has 33 heavy (non-hydrogen) atoms. The van der Waals surface area contributed by atoms with Crippen LogP contribution in [0.2, 0.25) is 5.02 Å². The topological polar surface area (TPSA) is 82.5 Å². The number of hydrogen-bond acceptors (Lipinski definition) is 6. The van der Waals surface area contributed by atoms with Gasteiger partial charge in [-0.15, -0.1) is 0 Å². The molecule has 172 valence electrons. The summed E-state index contributed by atoms with van der Waals surface area (Å²) in [4.78, 5) is 29.8. The molecule has 2 atom stereocenters. The first-order valence-electron chi connectivity index (χ1n) is 10.8. The van der Waals surface area contributed by atoms with Crippen LogP contribution in [0.15, 0.2) is 47.3 Å². The van der Waals surface area contributed by atoms with E-state index in [1.165, 1.54) is 6.92 Å². The number of aryl methyl sites for hydroxylation is 1. The Bertz CT molecular complexity index is 1270. The van der Waals surface area contributed by atoms with Crippen molar-refractivity contribution in [3.8, 4) is 17.0 Å². The second kappa shape index (κ2) is 9.27. The number of anilines is 1. The van der Waals surface area contributed by atoms with Crippen LogP contribution < -0.4 is 15.6 Å². The van der Waals surface area contributed by atoms with E-state index >= 15 is 0 Å². The quantitative estimate of drug-likeness (QED) is 0.536. The maximum Gasteiger partial charge on any atom is 0.302 e. The third-order valence-electron chi connectivity index (χ3n) is 5.88. The molecule has 1 N–H and O–H groups in total. The number of carbonyl (C=O) groups is 1. The standard InChI is InChI=1S/C25H26ClN3O4/c1-5-29-24(28-22-18-9-7-6-8-16(18)12-21(22)33-15(3)30)14(2)27-23(25(29)31)19-11-10-17(32-4)13-20(19)26/h6-11,13,21-22,28H,5,12H2,1-4H3/t21-,22-/m0/s1. The highest BCUT2D eigenvalue weighted by Gasteiger charge is 2.35. The Labute approximate surface area is 197 Å². The fraction of sp³-hybridized carbons (Fsp3) is 0.320. The van der Waals surface area contributed by atoms with Gasteiger partial charge in [-0.25, -0.2) is 4.98 Å². The van der Waals surface area contributed by atoms with Crippen molar-refractivity contribution in [2.24, 2.45) is 0 Å². The van der Waals surface area contributed by atoms with Gasteiger partial charge in [0, 0.05) is 25.5 Å². The fourth-order valence-electron chi connectivity index (χ4n) is 4.37. The minimum atomic E-state index is -0.379. The van der Waals surface area contributed by atoms with E-state index in [2.05, 4.69) is 10.3 Å². The monoisotopic (exact) mass is 467 g/mol. The van der Waals surface area contributed by atoms with Crippen LogP contribution in [0.1, 0.15) is 36.7 Å². The van der Waals surface area contributed by atoms with Gasteiger partial charge in [0.1, 0.15) is 23.4 Å². The van der Waals surface area contributed by atoms with Crippen LogP contribution in [0, 0.1) is 6.92 Å². The highest BCUT2D eigenvalue weighted by Crippen LogP contribution is 2.37. The summed E-state index contributed by atoms with van der Waals surface area (Å²) in [5.74, 6) is 0.854. The van der Waals surface area contributed by atoms with Crippen molar-refractivity contribution >= 4 is 23.4 Å². The molecule has 0 bridgehead atoms. The molecule has 0 radical (unpaired) electrons. The van der Waals surface area contributed by atoms with Crippen molar-refractivity contribution in [2.45, 2.75) is 45.9 Å². The number of rotatable bonds is 6. The van der Waals surface area contributed by atoms with Crippen LogP contribution in [-0.2, 0) is 22.5 Å². The van der Waals surface area contributed by atoms with Gasteiger partial charge in [-0.3, -0.25) is 14.2 Å². The van der Waals surface area contributed by atoms with Crippen molar-refractivity contribution < 1.29 is 14.3 Å². The Kier molecular flexibility index (Phi) is 6.42. The number of hydrogen-bond donors (Lipinski definition) is 1. The Hall–Kier alpha value is -3.32. The van der Waals surface area contributed by atoms with Gasteiger partial charge in [0.25, 0.3) is 5.56 Å². The zero-order chi connectivity index (χ0) is 23.7. The summed E-state index contributed by atoms with van der Waals surface area (Å²) in [6.45, 7) is 5.58. The Balaban J connectivity index is 1.78. The average molecular weight is 468 g/mol. The van der Waals surface area contributed by atoms with Crippen molar-refractivity contribution in [3.63, 3.8) is 0 Å². The van der Waals surface area contributed by atoms with Crippen molar-refractivity contribution in [1.82, 2.24) is 9.55 Å². The van der Waals surface area contributed by atoms with E-state index < -0.39 is 0 Å². The SMILES string of the molecule is CCn1c(N[C@H]2c3ccccc3C[C@@H]2OC(C)=O)c(C)nc(-c2ccc(OC)cc2Cl)c1=O. The first-order chi connectivity index (χ1) is 15.8. The number of methoxy groups -OCH3 is 1. The summed E-state index contributed by atoms with van der Waals surface area (Å²) in [7, 11) is 1.56. The molecule has 1 aliphatic carbocycles. The highest BCUT2D eigenvalue weighted by atomic mass is 35.5. The lowest BCUT2D eigenvalue weighted by Crippen LogP contribution is -2.32. The lowest BCUT2D eigenvalue weighted by atomic mass is 10.1. The molecule has 1 heterocycles. The summed E-state index contributed by atoms with van der Waals surface area (Å²) in [6.07, 6.45) is 0.228. The molecule has 0 amide bonds. The molecule has 0 spiro atoms. The van der Waals surface area contributed by atoms with Gasteiger partial charge in [0.15, 0.2) is 0 Å². The number of halogens is 1. The molecular formula is C25H26ClN3O4. The molecule has 2 aromatic carbocycles.